The molecule has 0 fully saturated rings. The first kappa shape index (κ1) is 20.8. The van der Waals surface area contributed by atoms with Gasteiger partial charge in [-0.15, -0.1) is 0 Å². The zero-order valence-electron chi connectivity index (χ0n) is 16.5. The topological polar surface area (TPSA) is 17.1 Å². The molecule has 1 nitrogen and oxygen atoms in total. The molecule has 0 N–H and O–H groups in total. The SMILES string of the molecule is O=C(c1ccc(C[Se]c2ccccc2)cc1)c1ccc(C[Se]c2ccccc2)cc1. The average Bonchev–Trinajstić information content (AvgIpc) is 2.83. The van der Waals surface area contributed by atoms with Crippen LogP contribution in [0.3, 0.4) is 0 Å². The number of carbonyl (C=O) groups is 1. The fraction of sp³-hybridized carbons (Fsp3) is 0.0741. The minimum absolute atomic E-state index is 0.0928. The van der Waals surface area contributed by atoms with Crippen molar-refractivity contribution in [2.24, 2.45) is 0 Å². The van der Waals surface area contributed by atoms with Gasteiger partial charge < -0.3 is 0 Å². The number of hydrogen-bond acceptors (Lipinski definition) is 1. The standard InChI is InChI=1S/C27H22OSe2/c28-27(23-15-11-21(12-16-23)19-29-25-7-3-1-4-8-25)24-17-13-22(14-18-24)20-30-26-9-5-2-6-10-26/h1-18H,19-20H2. The van der Waals surface area contributed by atoms with E-state index < -0.39 is 0 Å². The van der Waals surface area contributed by atoms with Crippen molar-refractivity contribution in [3.05, 3.63) is 131 Å². The normalized spacial score (nSPS) is 10.7. The van der Waals surface area contributed by atoms with E-state index >= 15 is 0 Å². The first-order valence-electron chi connectivity index (χ1n) is 9.86. The summed E-state index contributed by atoms with van der Waals surface area (Å²) in [7, 11) is 0. The summed E-state index contributed by atoms with van der Waals surface area (Å²) in [5.41, 5.74) is 4.09. The maximum absolute atomic E-state index is 12.8. The Labute approximate surface area is 190 Å². The summed E-state index contributed by atoms with van der Waals surface area (Å²) in [5.74, 6) is 0.0928. The molecule has 0 aliphatic carbocycles. The van der Waals surface area contributed by atoms with E-state index in [1.807, 2.05) is 24.3 Å². The van der Waals surface area contributed by atoms with Gasteiger partial charge in [0.25, 0.3) is 0 Å². The molecule has 0 aromatic heterocycles. The van der Waals surface area contributed by atoms with Crippen molar-refractivity contribution in [2.45, 2.75) is 10.6 Å². The zero-order chi connectivity index (χ0) is 20.6. The van der Waals surface area contributed by atoms with Crippen LogP contribution in [0, 0.1) is 0 Å². The van der Waals surface area contributed by atoms with Crippen LogP contribution < -0.4 is 8.92 Å². The molecule has 3 heteroatoms. The van der Waals surface area contributed by atoms with Crippen LogP contribution in [0.1, 0.15) is 27.0 Å². The zero-order valence-corrected chi connectivity index (χ0v) is 20.0. The molecule has 0 bridgehead atoms. The summed E-state index contributed by atoms with van der Waals surface area (Å²) in [6.45, 7) is 0. The van der Waals surface area contributed by atoms with Gasteiger partial charge in [0.2, 0.25) is 0 Å². The molecule has 0 atom stereocenters. The van der Waals surface area contributed by atoms with Crippen molar-refractivity contribution >= 4 is 44.6 Å². The predicted octanol–water partition coefficient (Wildman–Crippen LogP) is 3.98. The summed E-state index contributed by atoms with van der Waals surface area (Å²) in [6, 6.07) is 37.4. The molecule has 0 radical (unpaired) electrons. The third-order valence-electron chi connectivity index (χ3n) is 4.73. The van der Waals surface area contributed by atoms with Crippen LogP contribution in [-0.2, 0) is 10.6 Å². The van der Waals surface area contributed by atoms with Crippen LogP contribution in [0.5, 0.6) is 0 Å². The number of benzene rings is 4. The Hall–Kier alpha value is -2.41. The van der Waals surface area contributed by atoms with Gasteiger partial charge in [-0.25, -0.2) is 0 Å². The second-order valence-corrected chi connectivity index (χ2v) is 11.3. The Balaban J connectivity index is 1.34. The summed E-state index contributed by atoms with van der Waals surface area (Å²) in [6.07, 6.45) is 0. The fourth-order valence-corrected chi connectivity index (χ4v) is 6.71. The number of ketones is 1. The second kappa shape index (κ2) is 10.6. The molecule has 30 heavy (non-hydrogen) atoms. The van der Waals surface area contributed by atoms with E-state index in [1.165, 1.54) is 20.1 Å². The fourth-order valence-electron chi connectivity index (χ4n) is 3.04. The van der Waals surface area contributed by atoms with Crippen molar-refractivity contribution in [1.29, 1.82) is 0 Å². The quantitative estimate of drug-likeness (QED) is 0.254. The number of rotatable bonds is 8. The third-order valence-corrected chi connectivity index (χ3v) is 9.27. The van der Waals surface area contributed by atoms with Gasteiger partial charge in [0, 0.05) is 0 Å². The Bertz CT molecular complexity index is 984. The number of hydrogen-bond donors (Lipinski definition) is 0. The van der Waals surface area contributed by atoms with Crippen LogP contribution in [0.4, 0.5) is 0 Å². The molecule has 0 aliphatic rings. The molecular weight excluding hydrogens is 498 g/mol. The van der Waals surface area contributed by atoms with Crippen LogP contribution >= 0.6 is 0 Å². The Morgan fingerprint density at radius 2 is 0.867 bits per heavy atom. The summed E-state index contributed by atoms with van der Waals surface area (Å²) >= 11 is 0.841. The van der Waals surface area contributed by atoms with Crippen LogP contribution in [0.2, 0.25) is 0 Å². The van der Waals surface area contributed by atoms with E-state index in [1.54, 1.807) is 0 Å². The van der Waals surface area contributed by atoms with Gasteiger partial charge in [-0.05, 0) is 0 Å². The van der Waals surface area contributed by atoms with Crippen LogP contribution in [-0.4, -0.2) is 35.7 Å². The molecule has 0 unspecified atom stereocenters. The van der Waals surface area contributed by atoms with E-state index in [-0.39, 0.29) is 5.78 Å². The molecule has 0 aliphatic heterocycles. The molecule has 148 valence electrons. The Morgan fingerprint density at radius 1 is 0.500 bits per heavy atom. The van der Waals surface area contributed by atoms with Gasteiger partial charge in [-0.3, -0.25) is 0 Å². The van der Waals surface area contributed by atoms with Crippen LogP contribution in [0.25, 0.3) is 0 Å². The van der Waals surface area contributed by atoms with E-state index in [0.29, 0.717) is 29.9 Å². The molecule has 0 heterocycles. The second-order valence-electron chi connectivity index (χ2n) is 6.93. The molecule has 4 aromatic carbocycles. The van der Waals surface area contributed by atoms with E-state index in [4.69, 9.17) is 0 Å². The number of carbonyl (C=O) groups excluding carboxylic acids is 1. The van der Waals surface area contributed by atoms with Crippen molar-refractivity contribution in [3.63, 3.8) is 0 Å². The van der Waals surface area contributed by atoms with Crippen molar-refractivity contribution in [1.82, 2.24) is 0 Å². The van der Waals surface area contributed by atoms with Crippen molar-refractivity contribution in [2.75, 3.05) is 0 Å². The van der Waals surface area contributed by atoms with Gasteiger partial charge in [0.05, 0.1) is 0 Å². The van der Waals surface area contributed by atoms with Crippen LogP contribution in [0.15, 0.2) is 109 Å². The van der Waals surface area contributed by atoms with Gasteiger partial charge in [0.15, 0.2) is 0 Å². The van der Waals surface area contributed by atoms with Gasteiger partial charge in [-0.1, -0.05) is 0 Å². The first-order chi connectivity index (χ1) is 14.8. The van der Waals surface area contributed by atoms with Gasteiger partial charge in [-0.2, -0.15) is 0 Å². The molecule has 0 saturated heterocycles. The first-order valence-corrected chi connectivity index (χ1v) is 14.0. The minimum atomic E-state index is 0.0928. The Morgan fingerprint density at radius 3 is 1.23 bits per heavy atom. The van der Waals surface area contributed by atoms with E-state index in [2.05, 4.69) is 84.9 Å². The van der Waals surface area contributed by atoms with Gasteiger partial charge >= 0.3 is 192 Å². The summed E-state index contributed by atoms with van der Waals surface area (Å²) in [4.78, 5) is 12.8. The average molecular weight is 520 g/mol. The molecule has 4 rings (SSSR count). The summed E-state index contributed by atoms with van der Waals surface area (Å²) in [5, 5.41) is 2.09. The van der Waals surface area contributed by atoms with E-state index in [9.17, 15) is 4.79 Å². The van der Waals surface area contributed by atoms with Crippen molar-refractivity contribution < 1.29 is 4.79 Å². The summed E-state index contributed by atoms with van der Waals surface area (Å²) < 4.78 is 2.80. The molecule has 0 amide bonds. The third kappa shape index (κ3) is 5.81. The molecule has 0 spiro atoms. The molecule has 0 saturated carbocycles. The predicted molar refractivity (Wildman–Crippen MR) is 127 cm³/mol. The van der Waals surface area contributed by atoms with E-state index in [0.717, 1.165) is 21.8 Å². The molecule has 4 aromatic rings. The Kier molecular flexibility index (Phi) is 7.34. The van der Waals surface area contributed by atoms with Crippen molar-refractivity contribution in [3.8, 4) is 0 Å². The van der Waals surface area contributed by atoms with Gasteiger partial charge in [0.1, 0.15) is 0 Å². The molecular formula is C27H22OSe2. The monoisotopic (exact) mass is 522 g/mol. The maximum atomic E-state index is 12.8.